The number of fused-ring (bicyclic) bond motifs is 10. The van der Waals surface area contributed by atoms with Crippen LogP contribution in [0, 0.1) is 91.2 Å². The Morgan fingerprint density at radius 1 is 0.469 bits per heavy atom. The van der Waals surface area contributed by atoms with Crippen LogP contribution >= 0.6 is 0 Å². The van der Waals surface area contributed by atoms with Crippen LogP contribution in [0.15, 0.2) is 48.5 Å². The first kappa shape index (κ1) is 107. The average molecular weight is 1790 g/mol. The summed E-state index contributed by atoms with van der Waals surface area (Å²) in [6, 6.07) is 13.5. The van der Waals surface area contributed by atoms with E-state index in [0.29, 0.717) is 73.9 Å². The summed E-state index contributed by atoms with van der Waals surface area (Å²) in [5.41, 5.74) is -2.97. The first-order valence-corrected chi connectivity index (χ1v) is 49.5. The molecule has 22 heteroatoms. The van der Waals surface area contributed by atoms with Gasteiger partial charge in [0.05, 0.1) is 62.1 Å². The molecule has 4 heterocycles. The number of esters is 9. The van der Waals surface area contributed by atoms with Crippen LogP contribution in [0.25, 0.3) is 0 Å². The maximum absolute atomic E-state index is 12.7. The Morgan fingerprint density at radius 2 is 0.922 bits per heavy atom. The smallest absolute Gasteiger partial charge is 0.347 e. The molecule has 22 nitrogen and oxygen atoms in total. The van der Waals surface area contributed by atoms with Gasteiger partial charge in [-0.25, -0.2) is 4.79 Å². The third kappa shape index (κ3) is 25.8. The van der Waals surface area contributed by atoms with E-state index in [4.69, 9.17) is 57.6 Å². The molecule has 4 aliphatic heterocycles. The lowest BCUT2D eigenvalue weighted by atomic mass is 9.52. The van der Waals surface area contributed by atoms with Crippen LogP contribution < -0.4 is 4.74 Å². The highest BCUT2D eigenvalue weighted by molar-refractivity contribution is 5.83. The minimum atomic E-state index is -0.687. The fourth-order valence-corrected chi connectivity index (χ4v) is 21.0. The van der Waals surface area contributed by atoms with Gasteiger partial charge < -0.3 is 62.7 Å². The van der Waals surface area contributed by atoms with E-state index < -0.39 is 51.5 Å². The van der Waals surface area contributed by atoms with E-state index >= 15 is 0 Å². The number of hydrogen-bond donors (Lipinski definition) is 3. The Morgan fingerprint density at radius 3 is 1.39 bits per heavy atom. The Balaban J connectivity index is 0.000000182. The monoisotopic (exact) mass is 1790 g/mol. The van der Waals surface area contributed by atoms with Gasteiger partial charge >= 0.3 is 53.7 Å². The number of carbonyl (C=O) groups is 9. The topological polar surface area (TPSA) is 307 Å². The van der Waals surface area contributed by atoms with Gasteiger partial charge in [0, 0.05) is 18.8 Å². The maximum Gasteiger partial charge on any atom is 0.347 e. The Bertz CT molecular complexity index is 4030. The highest BCUT2D eigenvalue weighted by Gasteiger charge is 2.69. The van der Waals surface area contributed by atoms with Crippen molar-refractivity contribution in [1.82, 2.24) is 0 Å². The summed E-state index contributed by atoms with van der Waals surface area (Å²) in [6.07, 6.45) is 29.3. The SMILES string of the molecule is CCC(C)(C)C(=O)OC1(C)CCCC1.CCC(C)(C)C(=O)OC1(CC)CC2CC1C1C3CCC(C3)C21.CCC(C)(C)C(=O)OC12CC3CC(CC(O)(C3)C1)C2.CCC(C)(C)C(=O)OC1C2CC3C(=O)OC1C3O2.CCC(C)(C)C(=O)OC1CCOC1=O.CCC(C)(C)C(=O)Oc1ccc(O)cc1.CCC(C)c1ccc(O)cc1.CCC1(OC(=O)C(C)(C)CC)CCCC1. The molecule has 2 aromatic carbocycles. The van der Waals surface area contributed by atoms with Crippen LogP contribution in [0.3, 0.4) is 0 Å². The highest BCUT2D eigenvalue weighted by Crippen LogP contribution is 2.71. The van der Waals surface area contributed by atoms with E-state index in [1.807, 2.05) is 137 Å². The van der Waals surface area contributed by atoms with Crippen molar-refractivity contribution >= 4 is 53.7 Å². The standard InChI is InChI=1S/C20H32O2.C16H26O3.C13H18O5.C13H24O2.C12H16O3.C12H22O2.C10H16O4.C10H14O/c1-5-19(3,4)18(21)22-20(6-2)11-14-10-15(20)17-13-8-7-12(9-13)16(14)17;1-4-14(2,3)13(17)19-16-8-11-5-12(9-16)7-15(18,6-11)10-16;1-4-13(2,3)12(15)18-9-7-5-6-8(16-7)10(9)17-11(6)14;1-5-12(3,4)11(14)15-13(6-2)9-7-8-10-13;1-4-12(2,3)11(14)15-10-7-5-9(13)6-8-10;1-5-11(2,3)10(13)14-12(4)8-6-7-9-12;1-4-10(2,3)9(12)14-7-5-6-13-8(7)11;1-3-8(2)9-4-6-10(11)7-5-9/h12-17H,5-11H2,1-4H3;11-12,18H,4-10H2,1-3H3;6-10H,4-5H2,1-3H3;5-10H2,1-4H3;5-8,13H,4H2,1-3H3;5-9H2,1-4H3;7H,4-6H2,1-3H3;4-8,11H,3H2,1-2H3. The molecule has 14 fully saturated rings. The van der Waals surface area contributed by atoms with Crippen LogP contribution in [0.4, 0.5) is 0 Å². The molecule has 724 valence electrons. The van der Waals surface area contributed by atoms with Crippen molar-refractivity contribution in [2.24, 2.45) is 91.2 Å². The Labute approximate surface area is 768 Å². The van der Waals surface area contributed by atoms with E-state index in [1.165, 1.54) is 75.5 Å². The zero-order valence-corrected chi connectivity index (χ0v) is 83.5. The fraction of sp³-hybridized carbons (Fsp3) is 0.802. The number of carbonyl (C=O) groups excluding carboxylic acids is 9. The van der Waals surface area contributed by atoms with Crippen molar-refractivity contribution in [1.29, 1.82) is 0 Å². The summed E-state index contributed by atoms with van der Waals surface area (Å²) in [7, 11) is 0. The van der Waals surface area contributed by atoms with E-state index in [0.717, 1.165) is 139 Å². The predicted octanol–water partition coefficient (Wildman–Crippen LogP) is 22.8. The molecule has 16 atom stereocenters. The molecule has 16 rings (SSSR count). The minimum absolute atomic E-state index is 0.0197. The second-order valence-corrected chi connectivity index (χ2v) is 45.1. The van der Waals surface area contributed by atoms with Crippen molar-refractivity contribution in [2.45, 2.75) is 444 Å². The molecule has 16 unspecified atom stereocenters. The van der Waals surface area contributed by atoms with Crippen LogP contribution in [0.5, 0.6) is 17.2 Å². The van der Waals surface area contributed by atoms with Crippen molar-refractivity contribution in [2.75, 3.05) is 6.61 Å². The van der Waals surface area contributed by atoms with E-state index in [1.54, 1.807) is 38.1 Å². The molecular formula is C106H168O22. The Hall–Kier alpha value is -6.81. The number of phenolic OH excluding ortho intramolecular Hbond substituents is 2. The number of aliphatic hydroxyl groups is 1. The fourth-order valence-electron chi connectivity index (χ4n) is 21.0. The van der Waals surface area contributed by atoms with E-state index in [-0.39, 0.29) is 110 Å². The predicted molar refractivity (Wildman–Crippen MR) is 493 cm³/mol. The summed E-state index contributed by atoms with van der Waals surface area (Å²) in [5, 5.41) is 28.7. The van der Waals surface area contributed by atoms with Gasteiger partial charge in [0.25, 0.3) is 0 Å². The second-order valence-electron chi connectivity index (χ2n) is 45.1. The summed E-state index contributed by atoms with van der Waals surface area (Å²) < 4.78 is 55.1. The molecule has 0 amide bonds. The minimum Gasteiger partial charge on any atom is -0.508 e. The van der Waals surface area contributed by atoms with Gasteiger partial charge in [-0.15, -0.1) is 0 Å². The van der Waals surface area contributed by atoms with Crippen molar-refractivity contribution in [3.63, 3.8) is 0 Å². The van der Waals surface area contributed by atoms with Gasteiger partial charge in [0.1, 0.15) is 45.8 Å². The van der Waals surface area contributed by atoms with E-state index in [2.05, 4.69) is 41.5 Å². The maximum atomic E-state index is 12.7. The normalized spacial score (nSPS) is 30.2. The molecule has 0 aromatic heterocycles. The summed E-state index contributed by atoms with van der Waals surface area (Å²) in [4.78, 5) is 107. The third-order valence-corrected chi connectivity index (χ3v) is 32.9. The molecular weight excluding hydrogens is 1630 g/mol. The zero-order chi connectivity index (χ0) is 95.5. The molecule has 14 aliphatic rings. The van der Waals surface area contributed by atoms with E-state index in [9.17, 15) is 48.3 Å². The molecule has 0 spiro atoms. The molecule has 10 aliphatic carbocycles. The molecule has 2 aromatic rings. The van der Waals surface area contributed by atoms with Crippen LogP contribution in [-0.2, 0) is 85.8 Å². The summed E-state index contributed by atoms with van der Waals surface area (Å²) >= 11 is 0. The van der Waals surface area contributed by atoms with Gasteiger partial charge in [0.15, 0.2) is 12.2 Å². The second kappa shape index (κ2) is 43.0. The van der Waals surface area contributed by atoms with Crippen molar-refractivity contribution < 1.29 is 106 Å². The lowest BCUT2D eigenvalue weighted by Crippen LogP contribution is -2.61. The van der Waals surface area contributed by atoms with Crippen LogP contribution in [0.1, 0.15) is 391 Å². The number of cyclic esters (lactones) is 1. The van der Waals surface area contributed by atoms with Gasteiger partial charge in [-0.3, -0.25) is 38.4 Å². The van der Waals surface area contributed by atoms with Gasteiger partial charge in [-0.2, -0.15) is 0 Å². The van der Waals surface area contributed by atoms with Gasteiger partial charge in [0.2, 0.25) is 6.10 Å². The lowest BCUT2D eigenvalue weighted by Gasteiger charge is -2.59. The number of phenols is 2. The molecule has 128 heavy (non-hydrogen) atoms. The number of rotatable bonds is 25. The highest BCUT2D eigenvalue weighted by atomic mass is 16.7. The summed E-state index contributed by atoms with van der Waals surface area (Å²) in [5.74, 6) is 6.33. The van der Waals surface area contributed by atoms with Gasteiger partial charge in [-0.05, 0) is 379 Å². The van der Waals surface area contributed by atoms with Crippen molar-refractivity contribution in [3.05, 3.63) is 54.1 Å². The quantitative estimate of drug-likeness (QED) is 0.0360. The van der Waals surface area contributed by atoms with Crippen LogP contribution in [-0.4, -0.2) is 134 Å². The summed E-state index contributed by atoms with van der Waals surface area (Å²) in [6.45, 7) is 51.9. The number of ether oxygens (including phenoxy) is 10. The van der Waals surface area contributed by atoms with Gasteiger partial charge in [-0.1, -0.05) is 88.3 Å². The molecule has 0 radical (unpaired) electrons. The molecule has 10 saturated carbocycles. The molecule has 4 saturated heterocycles. The first-order chi connectivity index (χ1) is 59.6. The van der Waals surface area contributed by atoms with Crippen molar-refractivity contribution in [3.8, 4) is 17.2 Å². The van der Waals surface area contributed by atoms with Crippen LogP contribution in [0.2, 0.25) is 0 Å². The lowest BCUT2D eigenvalue weighted by molar-refractivity contribution is -0.225. The number of aromatic hydroxyl groups is 2. The average Bonchev–Trinajstić information content (AvgIpc) is 1.54. The molecule has 10 bridgehead atoms. The Kier molecular flexibility index (Phi) is 35.8. The zero-order valence-electron chi connectivity index (χ0n) is 83.5. The third-order valence-electron chi connectivity index (χ3n) is 32.9. The number of hydrogen-bond acceptors (Lipinski definition) is 22. The number of benzene rings is 2. The molecule has 3 N–H and O–H groups in total. The first-order valence-electron chi connectivity index (χ1n) is 49.5. The largest absolute Gasteiger partial charge is 0.508 e.